The first kappa shape index (κ1) is 19.6. The molecule has 4 nitrogen and oxygen atoms in total. The van der Waals surface area contributed by atoms with Crippen molar-refractivity contribution < 1.29 is 9.18 Å². The lowest BCUT2D eigenvalue weighted by atomic mass is 9.88. The topological polar surface area (TPSA) is 35.6 Å². The molecule has 2 amide bonds. The van der Waals surface area contributed by atoms with Crippen LogP contribution < -0.4 is 5.32 Å². The summed E-state index contributed by atoms with van der Waals surface area (Å²) in [4.78, 5) is 17.4. The Morgan fingerprint density at radius 2 is 1.79 bits per heavy atom. The fourth-order valence-corrected chi connectivity index (χ4v) is 4.37. The van der Waals surface area contributed by atoms with Gasteiger partial charge >= 0.3 is 6.03 Å². The van der Waals surface area contributed by atoms with Crippen molar-refractivity contribution in [2.24, 2.45) is 0 Å². The van der Waals surface area contributed by atoms with Crippen LogP contribution in [0, 0.1) is 5.82 Å². The van der Waals surface area contributed by atoms with Crippen molar-refractivity contribution >= 4 is 6.03 Å². The van der Waals surface area contributed by atoms with Gasteiger partial charge in [0, 0.05) is 18.8 Å². The molecule has 0 bridgehead atoms. The van der Waals surface area contributed by atoms with E-state index in [0.717, 1.165) is 49.3 Å². The Labute approximate surface area is 172 Å². The van der Waals surface area contributed by atoms with Gasteiger partial charge in [-0.15, -0.1) is 0 Å². The van der Waals surface area contributed by atoms with Gasteiger partial charge in [-0.25, -0.2) is 9.18 Å². The van der Waals surface area contributed by atoms with Crippen LogP contribution in [0.5, 0.6) is 0 Å². The van der Waals surface area contributed by atoms with Crippen LogP contribution in [0.2, 0.25) is 0 Å². The van der Waals surface area contributed by atoms with E-state index >= 15 is 0 Å². The average molecular weight is 394 g/mol. The quantitative estimate of drug-likeness (QED) is 0.813. The molecule has 1 N–H and O–H groups in total. The molecular weight excluding hydrogens is 365 g/mol. The second-order valence-corrected chi connectivity index (χ2v) is 7.93. The summed E-state index contributed by atoms with van der Waals surface area (Å²) >= 11 is 0. The van der Waals surface area contributed by atoms with E-state index in [-0.39, 0.29) is 17.9 Å². The molecule has 0 saturated carbocycles. The summed E-state index contributed by atoms with van der Waals surface area (Å²) in [5.74, 6) is -0.274. The summed E-state index contributed by atoms with van der Waals surface area (Å²) < 4.78 is 13.5. The van der Waals surface area contributed by atoms with Gasteiger partial charge in [0.2, 0.25) is 0 Å². The Hall–Kier alpha value is -2.66. The number of carbonyl (C=O) groups excluding carboxylic acids is 1. The smallest absolute Gasteiger partial charge is 0.313 e. The predicted octanol–water partition coefficient (Wildman–Crippen LogP) is 4.48. The van der Waals surface area contributed by atoms with Gasteiger partial charge in [-0.05, 0) is 67.6 Å². The van der Waals surface area contributed by atoms with Crippen molar-refractivity contribution in [3.63, 3.8) is 0 Å². The van der Waals surface area contributed by atoms with Crippen molar-refractivity contribution in [1.29, 1.82) is 0 Å². The fraction of sp³-hybridized carbons (Fsp3) is 0.375. The Morgan fingerprint density at radius 1 is 1.07 bits per heavy atom. The van der Waals surface area contributed by atoms with Crippen LogP contribution in [0.25, 0.3) is 0 Å². The van der Waals surface area contributed by atoms with Gasteiger partial charge in [-0.3, -0.25) is 0 Å². The summed E-state index contributed by atoms with van der Waals surface area (Å²) in [7, 11) is 0. The molecule has 1 saturated heterocycles. The van der Waals surface area contributed by atoms with E-state index in [0.29, 0.717) is 6.54 Å². The van der Waals surface area contributed by atoms with E-state index in [2.05, 4.69) is 28.9 Å². The van der Waals surface area contributed by atoms with Gasteiger partial charge in [-0.2, -0.15) is 0 Å². The highest BCUT2D eigenvalue weighted by atomic mass is 19.1. The normalized spacial score (nSPS) is 19.1. The highest BCUT2D eigenvalue weighted by molar-refractivity contribution is 5.77. The van der Waals surface area contributed by atoms with Crippen LogP contribution in [0.4, 0.5) is 9.18 Å². The van der Waals surface area contributed by atoms with Crippen molar-refractivity contribution in [1.82, 2.24) is 15.1 Å². The lowest BCUT2D eigenvalue weighted by Crippen LogP contribution is -2.45. The number of hydrogen-bond acceptors (Lipinski definition) is 2. The first-order valence-corrected chi connectivity index (χ1v) is 10.4. The van der Waals surface area contributed by atoms with Crippen molar-refractivity contribution in [2.45, 2.75) is 31.7 Å². The molecule has 0 aromatic heterocycles. The Bertz CT molecular complexity index is 874. The number of hydrogen-bond donors (Lipinski definition) is 1. The molecule has 2 heterocycles. The number of benzene rings is 2. The molecule has 29 heavy (non-hydrogen) atoms. The molecule has 2 aromatic carbocycles. The minimum atomic E-state index is -0.274. The minimum absolute atomic E-state index is 0.139. The number of carbonyl (C=O) groups is 1. The zero-order valence-corrected chi connectivity index (χ0v) is 16.7. The van der Waals surface area contributed by atoms with E-state index in [4.69, 9.17) is 0 Å². The van der Waals surface area contributed by atoms with Gasteiger partial charge in [-0.1, -0.05) is 43.0 Å². The molecule has 0 aliphatic carbocycles. The molecule has 0 unspecified atom stereocenters. The molecule has 5 heteroatoms. The maximum atomic E-state index is 13.5. The molecule has 1 atom stereocenters. The number of nitrogens with zero attached hydrogens (tertiary/aromatic N) is 2. The number of halogens is 1. The van der Waals surface area contributed by atoms with Crippen LogP contribution in [-0.4, -0.2) is 42.0 Å². The van der Waals surface area contributed by atoms with Gasteiger partial charge in [0.05, 0.1) is 6.04 Å². The number of fused-ring (bicyclic) bond motifs is 1. The summed E-state index contributed by atoms with van der Waals surface area (Å²) in [6.45, 7) is 7.89. The number of urea groups is 1. The third-order valence-electron chi connectivity index (χ3n) is 5.94. The molecule has 2 aliphatic heterocycles. The average Bonchev–Trinajstić information content (AvgIpc) is 3.26. The van der Waals surface area contributed by atoms with Crippen molar-refractivity contribution in [3.05, 3.63) is 83.3 Å². The van der Waals surface area contributed by atoms with Crippen LogP contribution in [0.3, 0.4) is 0 Å². The third kappa shape index (κ3) is 4.51. The number of rotatable bonds is 5. The maximum absolute atomic E-state index is 13.5. The fourth-order valence-electron chi connectivity index (χ4n) is 4.37. The Morgan fingerprint density at radius 3 is 2.55 bits per heavy atom. The summed E-state index contributed by atoms with van der Waals surface area (Å²) in [5.41, 5.74) is 4.00. The lowest BCUT2D eigenvalue weighted by molar-refractivity contribution is 0.182. The van der Waals surface area contributed by atoms with E-state index in [1.807, 2.05) is 17.0 Å². The molecule has 2 aromatic rings. The van der Waals surface area contributed by atoms with Gasteiger partial charge in [0.25, 0.3) is 0 Å². The summed E-state index contributed by atoms with van der Waals surface area (Å²) in [6.07, 6.45) is 4.08. The molecule has 2 aliphatic rings. The van der Waals surface area contributed by atoms with Crippen LogP contribution in [0.15, 0.2) is 60.8 Å². The van der Waals surface area contributed by atoms with E-state index < -0.39 is 0 Å². The van der Waals surface area contributed by atoms with E-state index in [1.165, 1.54) is 30.5 Å². The standard InChI is InChI=1S/C24H28FN3O/c1-18(12-16-27-14-4-5-15-27)26-24(29)28-17-13-19-6-2-3-7-22(19)23(28)20-8-10-21(25)11-9-20/h2-3,6-11,23H,1,4-5,12-17H2,(H,26,29)/t23-/m0/s1. The highest BCUT2D eigenvalue weighted by Crippen LogP contribution is 2.35. The highest BCUT2D eigenvalue weighted by Gasteiger charge is 2.32. The maximum Gasteiger partial charge on any atom is 0.322 e. The number of amides is 2. The largest absolute Gasteiger partial charge is 0.322 e. The second kappa shape index (κ2) is 8.78. The van der Waals surface area contributed by atoms with E-state index in [9.17, 15) is 9.18 Å². The third-order valence-corrected chi connectivity index (χ3v) is 5.94. The molecule has 1 fully saturated rings. The van der Waals surface area contributed by atoms with Crippen LogP contribution in [-0.2, 0) is 6.42 Å². The molecular formula is C24H28FN3O. The molecule has 0 spiro atoms. The summed E-state index contributed by atoms with van der Waals surface area (Å²) in [5, 5.41) is 3.01. The Kier molecular flexibility index (Phi) is 5.95. The summed E-state index contributed by atoms with van der Waals surface area (Å²) in [6, 6.07) is 14.3. The van der Waals surface area contributed by atoms with Gasteiger partial charge in [0.15, 0.2) is 0 Å². The van der Waals surface area contributed by atoms with Gasteiger partial charge in [0.1, 0.15) is 5.82 Å². The lowest BCUT2D eigenvalue weighted by Gasteiger charge is -2.38. The SMILES string of the molecule is C=C(CCN1CCCC1)NC(=O)N1CCc2ccccc2[C@@H]1c1ccc(F)cc1. The second-order valence-electron chi connectivity index (χ2n) is 7.93. The zero-order chi connectivity index (χ0) is 20.2. The molecule has 0 radical (unpaired) electrons. The monoisotopic (exact) mass is 393 g/mol. The van der Waals surface area contributed by atoms with Crippen molar-refractivity contribution in [2.75, 3.05) is 26.2 Å². The first-order chi connectivity index (χ1) is 14.1. The molecule has 152 valence electrons. The number of nitrogens with one attached hydrogen (secondary N) is 1. The zero-order valence-electron chi connectivity index (χ0n) is 16.7. The van der Waals surface area contributed by atoms with Crippen LogP contribution in [0.1, 0.15) is 42.0 Å². The Balaban J connectivity index is 1.50. The first-order valence-electron chi connectivity index (χ1n) is 10.4. The van der Waals surface area contributed by atoms with Crippen LogP contribution >= 0.6 is 0 Å². The number of likely N-dealkylation sites (tertiary alicyclic amines) is 1. The van der Waals surface area contributed by atoms with E-state index in [1.54, 1.807) is 12.1 Å². The van der Waals surface area contributed by atoms with Crippen molar-refractivity contribution in [3.8, 4) is 0 Å². The molecule has 4 rings (SSSR count). The van der Waals surface area contributed by atoms with Gasteiger partial charge < -0.3 is 15.1 Å². The minimum Gasteiger partial charge on any atom is -0.313 e. The predicted molar refractivity (Wildman–Crippen MR) is 113 cm³/mol.